The Morgan fingerprint density at radius 1 is 1.37 bits per heavy atom. The summed E-state index contributed by atoms with van der Waals surface area (Å²) in [5.41, 5.74) is 0.868. The number of halogens is 2. The number of amides is 1. The van der Waals surface area contributed by atoms with E-state index in [1.54, 1.807) is 0 Å². The smallest absolute Gasteiger partial charge is 0.413 e. The summed E-state index contributed by atoms with van der Waals surface area (Å²) in [5, 5.41) is 2.35. The maximum Gasteiger partial charge on any atom is 0.413 e. The predicted molar refractivity (Wildman–Crippen MR) is 72.1 cm³/mol. The first-order valence-corrected chi connectivity index (χ1v) is 6.23. The minimum absolute atomic E-state index is 0.0961. The largest absolute Gasteiger partial charge is 0.444 e. The van der Waals surface area contributed by atoms with Crippen LogP contribution in [0.25, 0.3) is 0 Å². The first kappa shape index (κ1) is 13.5. The maximum absolute atomic E-state index is 13.2. The SMILES string of the molecule is O=C(Nc1cc(F)c(Br)cn1)OCc1ccccc1. The van der Waals surface area contributed by atoms with Crippen molar-refractivity contribution in [1.82, 2.24) is 4.98 Å². The van der Waals surface area contributed by atoms with E-state index in [0.29, 0.717) is 0 Å². The number of hydrogen-bond acceptors (Lipinski definition) is 3. The molecule has 1 aromatic heterocycles. The zero-order valence-electron chi connectivity index (χ0n) is 9.77. The number of carbonyl (C=O) groups excluding carboxylic acids is 1. The van der Waals surface area contributed by atoms with Crippen LogP contribution in [0.15, 0.2) is 47.1 Å². The van der Waals surface area contributed by atoms with Crippen molar-refractivity contribution in [2.75, 3.05) is 5.32 Å². The minimum Gasteiger partial charge on any atom is -0.444 e. The number of rotatable bonds is 3. The molecule has 0 saturated heterocycles. The average Bonchev–Trinajstić information content (AvgIpc) is 2.42. The first-order chi connectivity index (χ1) is 9.15. The molecule has 0 saturated carbocycles. The second kappa shape index (κ2) is 6.29. The van der Waals surface area contributed by atoms with Gasteiger partial charge in [0, 0.05) is 12.3 Å². The molecule has 0 aliphatic heterocycles. The van der Waals surface area contributed by atoms with Crippen LogP contribution in [0.2, 0.25) is 0 Å². The second-order valence-corrected chi connectivity index (χ2v) is 4.52. The molecular formula is C13H10BrFN2O2. The number of pyridine rings is 1. The summed E-state index contributed by atoms with van der Waals surface area (Å²) < 4.78 is 18.4. The number of hydrogen-bond donors (Lipinski definition) is 1. The highest BCUT2D eigenvalue weighted by molar-refractivity contribution is 9.10. The van der Waals surface area contributed by atoms with Crippen LogP contribution in [0.5, 0.6) is 0 Å². The third-order valence-electron chi connectivity index (χ3n) is 2.25. The van der Waals surface area contributed by atoms with Gasteiger partial charge in [-0.1, -0.05) is 30.3 Å². The highest BCUT2D eigenvalue weighted by Gasteiger charge is 2.07. The Labute approximate surface area is 117 Å². The van der Waals surface area contributed by atoms with Crippen LogP contribution in [0.4, 0.5) is 15.0 Å². The monoisotopic (exact) mass is 324 g/mol. The molecule has 4 nitrogen and oxygen atoms in total. The average molecular weight is 325 g/mol. The number of nitrogens with zero attached hydrogens (tertiary/aromatic N) is 1. The van der Waals surface area contributed by atoms with E-state index in [1.807, 2.05) is 30.3 Å². The molecule has 1 N–H and O–H groups in total. The van der Waals surface area contributed by atoms with Crippen molar-refractivity contribution in [3.8, 4) is 0 Å². The number of carbonyl (C=O) groups is 1. The van der Waals surface area contributed by atoms with Gasteiger partial charge in [0.15, 0.2) is 0 Å². The number of ether oxygens (including phenoxy) is 1. The molecule has 0 bridgehead atoms. The summed E-state index contributed by atoms with van der Waals surface area (Å²) >= 11 is 2.98. The van der Waals surface area contributed by atoms with Gasteiger partial charge in [0.05, 0.1) is 4.47 Å². The van der Waals surface area contributed by atoms with Gasteiger partial charge < -0.3 is 4.74 Å². The Balaban J connectivity index is 1.89. The molecule has 0 radical (unpaired) electrons. The summed E-state index contributed by atoms with van der Waals surface area (Å²) in [5.74, 6) is -0.410. The van der Waals surface area contributed by atoms with Gasteiger partial charge in [-0.3, -0.25) is 5.32 Å². The fraction of sp³-hybridized carbons (Fsp3) is 0.0769. The third-order valence-corrected chi connectivity index (χ3v) is 2.83. The quantitative estimate of drug-likeness (QED) is 0.935. The molecule has 2 aromatic rings. The lowest BCUT2D eigenvalue weighted by atomic mass is 10.2. The van der Waals surface area contributed by atoms with Crippen molar-refractivity contribution in [2.45, 2.75) is 6.61 Å². The molecule has 0 unspecified atom stereocenters. The summed E-state index contributed by atoms with van der Waals surface area (Å²) in [6.07, 6.45) is 0.584. The van der Waals surface area contributed by atoms with Crippen LogP contribution in [0.1, 0.15) is 5.56 Å². The Bertz CT molecular complexity index is 578. The minimum atomic E-state index is -0.682. The van der Waals surface area contributed by atoms with E-state index in [9.17, 15) is 9.18 Å². The molecule has 1 aromatic carbocycles. The number of aromatic nitrogens is 1. The summed E-state index contributed by atoms with van der Waals surface area (Å²) in [6, 6.07) is 10.4. The van der Waals surface area contributed by atoms with Gasteiger partial charge >= 0.3 is 6.09 Å². The zero-order chi connectivity index (χ0) is 13.7. The third kappa shape index (κ3) is 4.03. The fourth-order valence-corrected chi connectivity index (χ4v) is 1.56. The van der Waals surface area contributed by atoms with E-state index in [4.69, 9.17) is 4.74 Å². The maximum atomic E-state index is 13.2. The van der Waals surface area contributed by atoms with Crippen LogP contribution in [-0.4, -0.2) is 11.1 Å². The Kier molecular flexibility index (Phi) is 4.46. The molecule has 98 valence electrons. The summed E-state index contributed by atoms with van der Waals surface area (Å²) in [4.78, 5) is 15.3. The summed E-state index contributed by atoms with van der Waals surface area (Å²) in [7, 11) is 0. The van der Waals surface area contributed by atoms with Gasteiger partial charge in [-0.05, 0) is 21.5 Å². The van der Waals surface area contributed by atoms with E-state index in [-0.39, 0.29) is 16.9 Å². The lowest BCUT2D eigenvalue weighted by Crippen LogP contribution is -2.14. The standard InChI is InChI=1S/C13H10BrFN2O2/c14-10-7-16-12(6-11(10)15)17-13(18)19-8-9-4-2-1-3-5-9/h1-7H,8H2,(H,16,17,18). The topological polar surface area (TPSA) is 51.2 Å². The number of anilines is 1. The van der Waals surface area contributed by atoms with Gasteiger partial charge in [0.25, 0.3) is 0 Å². The molecule has 0 spiro atoms. The first-order valence-electron chi connectivity index (χ1n) is 5.44. The fourth-order valence-electron chi connectivity index (χ4n) is 1.35. The highest BCUT2D eigenvalue weighted by atomic mass is 79.9. The van der Waals surface area contributed by atoms with E-state index < -0.39 is 11.9 Å². The summed E-state index contributed by atoms with van der Waals surface area (Å²) in [6.45, 7) is 0.145. The Hall–Kier alpha value is -1.95. The molecule has 0 atom stereocenters. The lowest BCUT2D eigenvalue weighted by Gasteiger charge is -2.06. The van der Waals surface area contributed by atoms with Gasteiger partial charge in [-0.2, -0.15) is 0 Å². The van der Waals surface area contributed by atoms with Crippen LogP contribution in [-0.2, 0) is 11.3 Å². The zero-order valence-corrected chi connectivity index (χ0v) is 11.4. The van der Waals surface area contributed by atoms with Crippen LogP contribution in [0, 0.1) is 5.82 Å². The molecule has 0 aliphatic rings. The molecular weight excluding hydrogens is 315 g/mol. The van der Waals surface area contributed by atoms with Gasteiger partial charge in [0.1, 0.15) is 18.2 Å². The molecule has 0 aliphatic carbocycles. The van der Waals surface area contributed by atoms with Gasteiger partial charge in [0.2, 0.25) is 0 Å². The van der Waals surface area contributed by atoms with Crippen molar-refractivity contribution in [1.29, 1.82) is 0 Å². The molecule has 1 heterocycles. The molecule has 6 heteroatoms. The van der Waals surface area contributed by atoms with Crippen molar-refractivity contribution in [2.24, 2.45) is 0 Å². The van der Waals surface area contributed by atoms with E-state index in [0.717, 1.165) is 11.6 Å². The van der Waals surface area contributed by atoms with Gasteiger partial charge in [-0.15, -0.1) is 0 Å². The lowest BCUT2D eigenvalue weighted by molar-refractivity contribution is 0.155. The van der Waals surface area contributed by atoms with E-state index in [2.05, 4.69) is 26.2 Å². The second-order valence-electron chi connectivity index (χ2n) is 3.67. The number of nitrogens with one attached hydrogen (secondary N) is 1. The molecule has 2 rings (SSSR count). The Morgan fingerprint density at radius 3 is 2.79 bits per heavy atom. The van der Waals surface area contributed by atoms with E-state index >= 15 is 0 Å². The van der Waals surface area contributed by atoms with Gasteiger partial charge in [-0.25, -0.2) is 14.2 Å². The van der Waals surface area contributed by atoms with Crippen LogP contribution in [0.3, 0.4) is 0 Å². The van der Waals surface area contributed by atoms with Crippen molar-refractivity contribution in [3.05, 3.63) is 58.4 Å². The number of benzene rings is 1. The van der Waals surface area contributed by atoms with Crippen molar-refractivity contribution < 1.29 is 13.9 Å². The molecule has 1 amide bonds. The normalized spacial score (nSPS) is 10.0. The van der Waals surface area contributed by atoms with Crippen LogP contribution >= 0.6 is 15.9 Å². The van der Waals surface area contributed by atoms with E-state index in [1.165, 1.54) is 6.20 Å². The molecule has 0 fully saturated rings. The highest BCUT2D eigenvalue weighted by Crippen LogP contribution is 2.16. The predicted octanol–water partition coefficient (Wildman–Crippen LogP) is 3.73. The molecule has 19 heavy (non-hydrogen) atoms. The van der Waals surface area contributed by atoms with Crippen LogP contribution < -0.4 is 5.32 Å². The van der Waals surface area contributed by atoms with Crippen molar-refractivity contribution in [3.63, 3.8) is 0 Å². The Morgan fingerprint density at radius 2 is 2.11 bits per heavy atom. The van der Waals surface area contributed by atoms with Crippen molar-refractivity contribution >= 4 is 27.8 Å².